The van der Waals surface area contributed by atoms with Gasteiger partial charge in [0.2, 0.25) is 0 Å². The van der Waals surface area contributed by atoms with Crippen LogP contribution >= 0.6 is 11.8 Å². The Labute approximate surface area is 70.1 Å². The zero-order chi connectivity index (χ0) is 7.84. The Morgan fingerprint density at radius 2 is 2.55 bits per heavy atom. The maximum Gasteiger partial charge on any atom is 0.255 e. The van der Waals surface area contributed by atoms with Crippen LogP contribution in [0, 0.1) is 0 Å². The molecule has 11 heavy (non-hydrogen) atoms. The molecule has 3 nitrogen and oxygen atoms in total. The lowest BCUT2D eigenvalue weighted by Gasteiger charge is -2.48. The van der Waals surface area contributed by atoms with Crippen molar-refractivity contribution in [3.05, 3.63) is 0 Å². The summed E-state index contributed by atoms with van der Waals surface area (Å²) >= 11 is 1.83. The van der Waals surface area contributed by atoms with Crippen molar-refractivity contribution in [3.63, 3.8) is 0 Å². The summed E-state index contributed by atoms with van der Waals surface area (Å²) in [6, 6.07) is 0. The number of ether oxygens (including phenoxy) is 1. The van der Waals surface area contributed by atoms with E-state index in [4.69, 9.17) is 4.74 Å². The average Bonchev–Trinajstić information content (AvgIpc) is 2.05. The molecule has 4 heteroatoms. The summed E-state index contributed by atoms with van der Waals surface area (Å²) < 4.78 is 5.06. The molecular formula is C7H11NO2S. The minimum atomic E-state index is -0.153. The molecule has 0 N–H and O–H groups in total. The molecule has 2 heterocycles. The van der Waals surface area contributed by atoms with E-state index in [9.17, 15) is 4.79 Å². The predicted octanol–water partition coefficient (Wildman–Crippen LogP) is 0.307. The number of thioether (sulfide) groups is 1. The topological polar surface area (TPSA) is 29.5 Å². The molecule has 62 valence electrons. The van der Waals surface area contributed by atoms with Crippen LogP contribution in [0.25, 0.3) is 0 Å². The van der Waals surface area contributed by atoms with Crippen molar-refractivity contribution >= 4 is 17.7 Å². The second kappa shape index (κ2) is 2.68. The van der Waals surface area contributed by atoms with Gasteiger partial charge in [0, 0.05) is 13.7 Å². The molecule has 2 saturated heterocycles. The molecule has 0 bridgehead atoms. The lowest BCUT2D eigenvalue weighted by Crippen LogP contribution is -2.65. The number of carbonyl (C=O) groups is 1. The molecular weight excluding hydrogens is 162 g/mol. The fourth-order valence-corrected chi connectivity index (χ4v) is 2.89. The molecule has 2 rings (SSSR count). The van der Waals surface area contributed by atoms with Gasteiger partial charge >= 0.3 is 0 Å². The lowest BCUT2D eigenvalue weighted by molar-refractivity contribution is -0.162. The number of amides is 1. The van der Waals surface area contributed by atoms with E-state index in [0.717, 1.165) is 18.7 Å². The van der Waals surface area contributed by atoms with Gasteiger partial charge < -0.3 is 9.64 Å². The van der Waals surface area contributed by atoms with Crippen molar-refractivity contribution in [1.82, 2.24) is 4.90 Å². The molecule has 0 saturated carbocycles. The monoisotopic (exact) mass is 173 g/mol. The highest BCUT2D eigenvalue weighted by molar-refractivity contribution is 8.00. The van der Waals surface area contributed by atoms with Gasteiger partial charge in [-0.2, -0.15) is 0 Å². The summed E-state index contributed by atoms with van der Waals surface area (Å²) in [5, 5.41) is 0.321. The van der Waals surface area contributed by atoms with Gasteiger partial charge in [-0.15, -0.1) is 11.8 Å². The largest absolute Gasteiger partial charge is 0.368 e. The highest BCUT2D eigenvalue weighted by Gasteiger charge is 2.48. The normalized spacial score (nSPS) is 36.5. The quantitative estimate of drug-likeness (QED) is 0.534. The van der Waals surface area contributed by atoms with Crippen LogP contribution in [0.1, 0.15) is 6.42 Å². The minimum absolute atomic E-state index is 0.153. The van der Waals surface area contributed by atoms with Crippen LogP contribution in [0.4, 0.5) is 0 Å². The molecule has 2 atom stereocenters. The SMILES string of the molecule is COC1C(=O)N2CCCS[C@H]12. The molecule has 2 fully saturated rings. The molecule has 0 aromatic carbocycles. The number of methoxy groups -OCH3 is 1. The first-order valence-corrected chi connectivity index (χ1v) is 4.84. The van der Waals surface area contributed by atoms with Gasteiger partial charge in [-0.1, -0.05) is 0 Å². The van der Waals surface area contributed by atoms with E-state index in [1.165, 1.54) is 0 Å². The smallest absolute Gasteiger partial charge is 0.255 e. The Morgan fingerprint density at radius 3 is 3.27 bits per heavy atom. The van der Waals surface area contributed by atoms with Crippen molar-refractivity contribution in [1.29, 1.82) is 0 Å². The fraction of sp³-hybridized carbons (Fsp3) is 0.857. The molecule has 2 aliphatic rings. The van der Waals surface area contributed by atoms with Crippen molar-refractivity contribution < 1.29 is 9.53 Å². The number of carbonyl (C=O) groups excluding carboxylic acids is 1. The standard InChI is InChI=1S/C7H11NO2S/c1-10-5-6(9)8-3-2-4-11-7(5)8/h5,7H,2-4H2,1H3/t5?,7-/m1/s1. The van der Waals surface area contributed by atoms with Gasteiger partial charge in [0.1, 0.15) is 5.37 Å². The van der Waals surface area contributed by atoms with E-state index in [2.05, 4.69) is 0 Å². The number of rotatable bonds is 1. The molecule has 0 spiro atoms. The van der Waals surface area contributed by atoms with Crippen LogP contribution in [0.15, 0.2) is 0 Å². The van der Waals surface area contributed by atoms with Crippen LogP contribution < -0.4 is 0 Å². The van der Waals surface area contributed by atoms with Crippen molar-refractivity contribution in [2.75, 3.05) is 19.4 Å². The van der Waals surface area contributed by atoms with E-state index in [0.29, 0.717) is 5.37 Å². The average molecular weight is 173 g/mol. The van der Waals surface area contributed by atoms with Crippen molar-refractivity contribution in [2.45, 2.75) is 17.9 Å². The highest BCUT2D eigenvalue weighted by atomic mass is 32.2. The Bertz CT molecular complexity index is 177. The molecule has 1 amide bonds. The number of β-lactam (4-membered cyclic amide) rings is 1. The second-order valence-electron chi connectivity index (χ2n) is 2.80. The first-order chi connectivity index (χ1) is 5.34. The van der Waals surface area contributed by atoms with Crippen molar-refractivity contribution in [3.8, 4) is 0 Å². The van der Waals surface area contributed by atoms with Crippen LogP contribution in [0.3, 0.4) is 0 Å². The maximum atomic E-state index is 11.2. The van der Waals surface area contributed by atoms with Gasteiger partial charge in [0.25, 0.3) is 5.91 Å². The third-order valence-corrected chi connectivity index (χ3v) is 3.55. The fourth-order valence-electron chi connectivity index (χ4n) is 1.56. The number of fused-ring (bicyclic) bond motifs is 1. The maximum absolute atomic E-state index is 11.2. The summed E-state index contributed by atoms with van der Waals surface area (Å²) in [4.78, 5) is 13.1. The Balaban J connectivity index is 2.03. The van der Waals surface area contributed by atoms with E-state index in [-0.39, 0.29) is 12.0 Å². The zero-order valence-corrected chi connectivity index (χ0v) is 7.26. The minimum Gasteiger partial charge on any atom is -0.368 e. The Hall–Kier alpha value is -0.220. The highest BCUT2D eigenvalue weighted by Crippen LogP contribution is 2.35. The summed E-state index contributed by atoms with van der Waals surface area (Å²) in [5.74, 6) is 1.33. The van der Waals surface area contributed by atoms with Gasteiger partial charge in [0.15, 0.2) is 6.10 Å². The van der Waals surface area contributed by atoms with E-state index in [1.807, 2.05) is 16.7 Å². The summed E-state index contributed by atoms with van der Waals surface area (Å²) in [6.45, 7) is 0.927. The summed E-state index contributed by atoms with van der Waals surface area (Å²) in [7, 11) is 1.61. The summed E-state index contributed by atoms with van der Waals surface area (Å²) in [5.41, 5.74) is 0. The molecule has 2 aliphatic heterocycles. The lowest BCUT2D eigenvalue weighted by atomic mass is 10.1. The van der Waals surface area contributed by atoms with Gasteiger partial charge in [0.05, 0.1) is 0 Å². The number of hydrogen-bond acceptors (Lipinski definition) is 3. The van der Waals surface area contributed by atoms with Gasteiger partial charge in [-0.25, -0.2) is 0 Å². The first-order valence-electron chi connectivity index (χ1n) is 3.79. The van der Waals surface area contributed by atoms with Crippen molar-refractivity contribution in [2.24, 2.45) is 0 Å². The van der Waals surface area contributed by atoms with Gasteiger partial charge in [-0.05, 0) is 12.2 Å². The molecule has 0 aliphatic carbocycles. The van der Waals surface area contributed by atoms with E-state index in [1.54, 1.807) is 7.11 Å². The Morgan fingerprint density at radius 1 is 1.73 bits per heavy atom. The summed E-state index contributed by atoms with van der Waals surface area (Å²) in [6.07, 6.45) is 0.976. The second-order valence-corrected chi connectivity index (χ2v) is 4.03. The number of hydrogen-bond donors (Lipinski definition) is 0. The third kappa shape index (κ3) is 0.964. The van der Waals surface area contributed by atoms with E-state index >= 15 is 0 Å². The van der Waals surface area contributed by atoms with Crippen LogP contribution in [0.5, 0.6) is 0 Å². The third-order valence-electron chi connectivity index (χ3n) is 2.18. The molecule has 0 radical (unpaired) electrons. The molecule has 0 aromatic heterocycles. The Kier molecular flexibility index (Phi) is 1.81. The predicted molar refractivity (Wildman–Crippen MR) is 43.4 cm³/mol. The number of nitrogens with zero attached hydrogens (tertiary/aromatic N) is 1. The van der Waals surface area contributed by atoms with E-state index < -0.39 is 0 Å². The molecule has 0 aromatic rings. The van der Waals surface area contributed by atoms with Crippen LogP contribution in [-0.2, 0) is 9.53 Å². The molecule has 1 unspecified atom stereocenters. The van der Waals surface area contributed by atoms with Crippen LogP contribution in [-0.4, -0.2) is 41.7 Å². The van der Waals surface area contributed by atoms with Crippen LogP contribution in [0.2, 0.25) is 0 Å². The zero-order valence-electron chi connectivity index (χ0n) is 6.45. The first kappa shape index (κ1) is 7.43. The van der Waals surface area contributed by atoms with Gasteiger partial charge in [-0.3, -0.25) is 4.79 Å².